The lowest BCUT2D eigenvalue weighted by Gasteiger charge is -2.12. The van der Waals surface area contributed by atoms with Gasteiger partial charge in [-0.3, -0.25) is 4.79 Å². The van der Waals surface area contributed by atoms with Gasteiger partial charge in [-0.05, 0) is 40.8 Å². The molecule has 2 heteroatoms. The van der Waals surface area contributed by atoms with Crippen LogP contribution < -0.4 is 0 Å². The van der Waals surface area contributed by atoms with Gasteiger partial charge < -0.3 is 5.11 Å². The summed E-state index contributed by atoms with van der Waals surface area (Å²) in [5.74, 6) is 0.292. The lowest BCUT2D eigenvalue weighted by Crippen LogP contribution is -1.96. The molecule has 0 radical (unpaired) electrons. The number of phenols is 1. The number of carbonyl (C=O) groups excluding carboxylic acids is 1. The molecule has 1 aliphatic carbocycles. The second-order valence-electron chi connectivity index (χ2n) is 5.86. The van der Waals surface area contributed by atoms with Crippen molar-refractivity contribution in [2.45, 2.75) is 12.8 Å². The third kappa shape index (κ3) is 2.33. The van der Waals surface area contributed by atoms with Crippen molar-refractivity contribution in [2.75, 3.05) is 0 Å². The Morgan fingerprint density at radius 1 is 0.696 bits per heavy atom. The van der Waals surface area contributed by atoms with Crippen LogP contribution in [0.1, 0.15) is 22.3 Å². The van der Waals surface area contributed by atoms with Gasteiger partial charge in [-0.15, -0.1) is 0 Å². The van der Waals surface area contributed by atoms with Crippen molar-refractivity contribution in [1.29, 1.82) is 0 Å². The third-order valence-electron chi connectivity index (χ3n) is 4.43. The summed E-state index contributed by atoms with van der Waals surface area (Å²) in [6.07, 6.45) is 1.30. The average molecular weight is 300 g/mol. The van der Waals surface area contributed by atoms with Gasteiger partial charge in [-0.25, -0.2) is 0 Å². The van der Waals surface area contributed by atoms with Gasteiger partial charge in [0.15, 0.2) is 5.78 Å². The van der Waals surface area contributed by atoms with E-state index in [1.165, 1.54) is 0 Å². The number of carbonyl (C=O) groups is 1. The number of phenolic OH excluding ortho intramolecular Hbond substituents is 1. The molecular formula is C21H16O2. The van der Waals surface area contributed by atoms with E-state index in [9.17, 15) is 9.90 Å². The highest BCUT2D eigenvalue weighted by molar-refractivity contribution is 6.07. The molecule has 0 bridgehead atoms. The Hall–Kier alpha value is -2.87. The van der Waals surface area contributed by atoms with Crippen molar-refractivity contribution in [3.63, 3.8) is 0 Å². The van der Waals surface area contributed by atoms with Crippen molar-refractivity contribution in [2.24, 2.45) is 0 Å². The van der Waals surface area contributed by atoms with E-state index in [-0.39, 0.29) is 11.5 Å². The molecule has 0 saturated carbocycles. The zero-order valence-electron chi connectivity index (χ0n) is 12.6. The van der Waals surface area contributed by atoms with E-state index in [0.717, 1.165) is 28.7 Å². The first-order valence-corrected chi connectivity index (χ1v) is 7.78. The molecule has 0 unspecified atom stereocenters. The van der Waals surface area contributed by atoms with Gasteiger partial charge >= 0.3 is 0 Å². The minimum atomic E-state index is 0.121. The van der Waals surface area contributed by atoms with Crippen LogP contribution in [0.3, 0.4) is 0 Å². The fraction of sp³-hybridized carbons (Fsp3) is 0.0952. The number of benzene rings is 3. The fourth-order valence-corrected chi connectivity index (χ4v) is 3.31. The molecule has 1 aliphatic rings. The SMILES string of the molecule is O=C1CCc2ccc(O)c(-c3cccc(-c4ccccc4)c3)c21. The van der Waals surface area contributed by atoms with E-state index in [0.29, 0.717) is 17.5 Å². The van der Waals surface area contributed by atoms with Crippen LogP contribution in [-0.2, 0) is 6.42 Å². The molecule has 112 valence electrons. The minimum absolute atomic E-state index is 0.121. The van der Waals surface area contributed by atoms with Gasteiger partial charge in [-0.1, -0.05) is 54.6 Å². The lowest BCUT2D eigenvalue weighted by atomic mass is 9.93. The maximum Gasteiger partial charge on any atom is 0.164 e. The van der Waals surface area contributed by atoms with Crippen LogP contribution in [0.2, 0.25) is 0 Å². The van der Waals surface area contributed by atoms with Gasteiger partial charge in [0, 0.05) is 17.5 Å². The molecular weight excluding hydrogens is 284 g/mol. The molecule has 0 spiro atoms. The monoisotopic (exact) mass is 300 g/mol. The number of fused-ring (bicyclic) bond motifs is 1. The van der Waals surface area contributed by atoms with Gasteiger partial charge in [0.1, 0.15) is 5.75 Å². The van der Waals surface area contributed by atoms with Crippen LogP contribution in [0.5, 0.6) is 5.75 Å². The van der Waals surface area contributed by atoms with E-state index in [1.54, 1.807) is 6.07 Å². The van der Waals surface area contributed by atoms with Crippen LogP contribution >= 0.6 is 0 Å². The van der Waals surface area contributed by atoms with E-state index in [1.807, 2.05) is 48.5 Å². The second kappa shape index (κ2) is 5.40. The number of hydrogen-bond acceptors (Lipinski definition) is 2. The van der Waals surface area contributed by atoms with Crippen LogP contribution in [0.25, 0.3) is 22.3 Å². The predicted octanol–water partition coefficient (Wildman–Crippen LogP) is 4.86. The summed E-state index contributed by atoms with van der Waals surface area (Å²) >= 11 is 0. The van der Waals surface area contributed by atoms with Crippen LogP contribution in [0.15, 0.2) is 66.7 Å². The highest BCUT2D eigenvalue weighted by Gasteiger charge is 2.25. The van der Waals surface area contributed by atoms with Gasteiger partial charge in [0.25, 0.3) is 0 Å². The molecule has 3 aromatic carbocycles. The Morgan fingerprint density at radius 2 is 1.43 bits per heavy atom. The number of Topliss-reactive ketones (excluding diaryl/α,β-unsaturated/α-hetero) is 1. The fourth-order valence-electron chi connectivity index (χ4n) is 3.31. The Labute approximate surface area is 135 Å². The summed E-state index contributed by atoms with van der Waals surface area (Å²) in [7, 11) is 0. The van der Waals surface area contributed by atoms with E-state index in [4.69, 9.17) is 0 Å². The number of aryl methyl sites for hydroxylation is 1. The van der Waals surface area contributed by atoms with Crippen LogP contribution in [-0.4, -0.2) is 10.9 Å². The molecule has 3 aromatic rings. The normalized spacial score (nSPS) is 13.1. The first kappa shape index (κ1) is 13.8. The molecule has 0 amide bonds. The van der Waals surface area contributed by atoms with Gasteiger partial charge in [0.2, 0.25) is 0 Å². The van der Waals surface area contributed by atoms with Crippen LogP contribution in [0, 0.1) is 0 Å². The topological polar surface area (TPSA) is 37.3 Å². The standard InChI is InChI=1S/C21H16O2/c22-18-11-9-15-10-12-19(23)21(20(15)18)17-8-4-7-16(13-17)14-5-2-1-3-6-14/h1-8,10,12-13,23H,9,11H2. The third-order valence-corrected chi connectivity index (χ3v) is 4.43. The second-order valence-corrected chi connectivity index (χ2v) is 5.86. The zero-order chi connectivity index (χ0) is 15.8. The molecule has 1 N–H and O–H groups in total. The molecule has 0 heterocycles. The molecule has 0 atom stereocenters. The molecule has 0 aliphatic heterocycles. The zero-order valence-corrected chi connectivity index (χ0v) is 12.6. The Balaban J connectivity index is 1.90. The number of hydrogen-bond donors (Lipinski definition) is 1. The maximum atomic E-state index is 12.3. The molecule has 0 aromatic heterocycles. The highest BCUT2D eigenvalue weighted by atomic mass is 16.3. The van der Waals surface area contributed by atoms with E-state index < -0.39 is 0 Å². The smallest absolute Gasteiger partial charge is 0.164 e. The predicted molar refractivity (Wildman–Crippen MR) is 91.6 cm³/mol. The van der Waals surface area contributed by atoms with Gasteiger partial charge in [0.05, 0.1) is 0 Å². The summed E-state index contributed by atoms with van der Waals surface area (Å²) < 4.78 is 0. The summed E-state index contributed by atoms with van der Waals surface area (Å²) in [6, 6.07) is 21.7. The highest BCUT2D eigenvalue weighted by Crippen LogP contribution is 2.39. The summed E-state index contributed by atoms with van der Waals surface area (Å²) in [5.41, 5.74) is 5.47. The quantitative estimate of drug-likeness (QED) is 0.734. The number of rotatable bonds is 2. The van der Waals surface area contributed by atoms with E-state index >= 15 is 0 Å². The molecule has 23 heavy (non-hydrogen) atoms. The molecule has 4 rings (SSSR count). The summed E-state index contributed by atoms with van der Waals surface area (Å²) in [4.78, 5) is 12.3. The Bertz CT molecular complexity index is 895. The molecule has 0 saturated heterocycles. The van der Waals surface area contributed by atoms with Crippen molar-refractivity contribution in [3.8, 4) is 28.0 Å². The van der Waals surface area contributed by atoms with E-state index in [2.05, 4.69) is 12.1 Å². The minimum Gasteiger partial charge on any atom is -0.507 e. The van der Waals surface area contributed by atoms with Crippen molar-refractivity contribution in [3.05, 3.63) is 77.9 Å². The molecule has 2 nitrogen and oxygen atoms in total. The average Bonchev–Trinajstić information content (AvgIpc) is 2.97. The van der Waals surface area contributed by atoms with Crippen molar-refractivity contribution in [1.82, 2.24) is 0 Å². The van der Waals surface area contributed by atoms with Crippen LogP contribution in [0.4, 0.5) is 0 Å². The Kier molecular flexibility index (Phi) is 3.23. The maximum absolute atomic E-state index is 12.3. The summed E-state index contributed by atoms with van der Waals surface area (Å²) in [5, 5.41) is 10.4. The largest absolute Gasteiger partial charge is 0.507 e. The first-order chi connectivity index (χ1) is 11.2. The molecule has 0 fully saturated rings. The number of aromatic hydroxyl groups is 1. The van der Waals surface area contributed by atoms with Crippen molar-refractivity contribution >= 4 is 5.78 Å². The summed E-state index contributed by atoms with van der Waals surface area (Å²) in [6.45, 7) is 0. The Morgan fingerprint density at radius 3 is 2.26 bits per heavy atom. The number of ketones is 1. The van der Waals surface area contributed by atoms with Crippen molar-refractivity contribution < 1.29 is 9.90 Å². The van der Waals surface area contributed by atoms with Gasteiger partial charge in [-0.2, -0.15) is 0 Å². The lowest BCUT2D eigenvalue weighted by molar-refractivity contribution is 0.0995. The first-order valence-electron chi connectivity index (χ1n) is 7.78.